The number of aliphatic hydroxyl groups excluding tert-OH is 1. The molecule has 2 saturated heterocycles. The van der Waals surface area contributed by atoms with Gasteiger partial charge in [-0.25, -0.2) is 9.59 Å². The Morgan fingerprint density at radius 2 is 1.32 bits per heavy atom. The van der Waals surface area contributed by atoms with E-state index >= 15 is 0 Å². The van der Waals surface area contributed by atoms with Crippen LogP contribution in [-0.2, 0) is 83.0 Å². The summed E-state index contributed by atoms with van der Waals surface area (Å²) in [4.78, 5) is 168. The molecule has 6 rings (SSSR count). The van der Waals surface area contributed by atoms with Crippen molar-refractivity contribution in [2.75, 3.05) is 69.7 Å². The van der Waals surface area contributed by atoms with Gasteiger partial charge in [-0.05, 0) is 92.4 Å². The molecule has 114 heavy (non-hydrogen) atoms. The van der Waals surface area contributed by atoms with Crippen molar-refractivity contribution in [1.29, 1.82) is 0 Å². The molecule has 2 aromatic carbocycles. The molecule has 0 radical (unpaired) electrons. The number of rotatable bonds is 38. The van der Waals surface area contributed by atoms with E-state index in [0.717, 1.165) is 37.4 Å². The number of nitrogens with zero attached hydrogens (tertiary/aromatic N) is 3. The fourth-order valence-electron chi connectivity index (χ4n) is 15.4. The summed E-state index contributed by atoms with van der Waals surface area (Å²) in [6.45, 7) is 18.3. The van der Waals surface area contributed by atoms with Crippen LogP contribution in [0.2, 0.25) is 0 Å². The number of hydrogen-bond donors (Lipinski definition) is 8. The summed E-state index contributed by atoms with van der Waals surface area (Å²) >= 11 is 4.77. The summed E-state index contributed by atoms with van der Waals surface area (Å²) < 4.78 is 35.4. The van der Waals surface area contributed by atoms with Crippen LogP contribution in [-0.4, -0.2) is 239 Å². The van der Waals surface area contributed by atoms with Crippen molar-refractivity contribution in [2.24, 2.45) is 35.3 Å². The molecule has 2 saturated carbocycles. The highest BCUT2D eigenvalue weighted by Crippen LogP contribution is 2.38. The number of urea groups is 1. The zero-order valence-corrected chi connectivity index (χ0v) is 71.6. The first kappa shape index (κ1) is 95.5. The zero-order chi connectivity index (χ0) is 83.9. The molecule has 4 unspecified atom stereocenters. The van der Waals surface area contributed by atoms with Crippen LogP contribution in [0, 0.1) is 29.6 Å². The molecule has 2 aliphatic heterocycles. The smallest absolute Gasteiger partial charge is 0.410 e. The summed E-state index contributed by atoms with van der Waals surface area (Å²) in [6.07, 6.45) is 3.87. The van der Waals surface area contributed by atoms with Gasteiger partial charge < -0.3 is 81.0 Å². The molecule has 4 aliphatic rings. The number of anilines is 1. The predicted octanol–water partition coefficient (Wildman–Crippen LogP) is 8.60. The number of likely N-dealkylation sites (N-methyl/N-ethyl adjacent to an activating group) is 2. The van der Waals surface area contributed by atoms with Gasteiger partial charge in [-0.2, -0.15) is 35.3 Å². The van der Waals surface area contributed by atoms with Crippen LogP contribution in [0.25, 0.3) is 0 Å². The highest BCUT2D eigenvalue weighted by molar-refractivity contribution is 8.03. The lowest BCUT2D eigenvalue weighted by Crippen LogP contribution is -2.60. The summed E-state index contributed by atoms with van der Waals surface area (Å²) in [5.74, 6) is -5.44. The van der Waals surface area contributed by atoms with E-state index in [1.165, 1.54) is 32.6 Å². The first-order valence-corrected chi connectivity index (χ1v) is 43.8. The van der Waals surface area contributed by atoms with Gasteiger partial charge in [-0.15, -0.1) is 0 Å². The molecule has 9 N–H and O–H groups in total. The topological polar surface area (TPSA) is 388 Å². The Morgan fingerprint density at radius 1 is 0.702 bits per heavy atom. The number of nitrogens with two attached hydrogens (primary N) is 1. The van der Waals surface area contributed by atoms with Gasteiger partial charge in [0.15, 0.2) is 0 Å². The Balaban J connectivity index is 0.990. The Hall–Kier alpha value is -7.39. The van der Waals surface area contributed by atoms with Gasteiger partial charge in [0, 0.05) is 94.1 Å². The van der Waals surface area contributed by atoms with Crippen LogP contribution in [0.3, 0.4) is 0 Å². The number of fused-ring (bicyclic) bond motifs is 3. The lowest BCUT2D eigenvalue weighted by atomic mass is 9.89. The second-order valence-electron chi connectivity index (χ2n) is 31.6. The van der Waals surface area contributed by atoms with Crippen LogP contribution >= 0.6 is 35.3 Å². The molecular formula is C82H128N10O19S3. The van der Waals surface area contributed by atoms with Gasteiger partial charge in [-0.3, -0.25) is 52.8 Å². The Bertz CT molecular complexity index is 3420. The minimum absolute atomic E-state index is 0.0484. The number of primary amides is 1. The molecule has 2 aromatic rings. The van der Waals surface area contributed by atoms with E-state index in [1.807, 2.05) is 55.6 Å². The maximum atomic E-state index is 14.9. The Labute approximate surface area is 686 Å². The van der Waals surface area contributed by atoms with E-state index in [9.17, 15) is 62.6 Å². The van der Waals surface area contributed by atoms with E-state index in [4.69, 9.17) is 34.2 Å². The van der Waals surface area contributed by atoms with Crippen molar-refractivity contribution in [3.05, 3.63) is 65.7 Å². The lowest BCUT2D eigenvalue weighted by Gasteiger charge is -2.41. The van der Waals surface area contributed by atoms with Crippen molar-refractivity contribution in [2.45, 2.75) is 274 Å². The number of carbonyl (C=O) groups excluding carboxylic acids is 12. The number of amides is 10. The van der Waals surface area contributed by atoms with Gasteiger partial charge in [0.1, 0.15) is 49.1 Å². The first-order chi connectivity index (χ1) is 54.2. The number of methoxy groups -OCH3 is 2. The molecule has 2 aliphatic carbocycles. The molecule has 0 aromatic heterocycles. The van der Waals surface area contributed by atoms with Crippen molar-refractivity contribution in [3.8, 4) is 0 Å². The van der Waals surface area contributed by atoms with Gasteiger partial charge in [-0.1, -0.05) is 130 Å². The van der Waals surface area contributed by atoms with Gasteiger partial charge in [0.25, 0.3) is 0 Å². The van der Waals surface area contributed by atoms with E-state index < -0.39 is 150 Å². The molecule has 638 valence electrons. The largest absolute Gasteiger partial charge is 0.462 e. The number of esters is 3. The molecule has 17 atom stereocenters. The number of aliphatic hydroxyl groups is 1. The highest BCUT2D eigenvalue weighted by Gasteiger charge is 2.45. The summed E-state index contributed by atoms with van der Waals surface area (Å²) in [7, 11) is 6.07. The van der Waals surface area contributed by atoms with Crippen molar-refractivity contribution in [1.82, 2.24) is 41.3 Å². The zero-order valence-electron chi connectivity index (χ0n) is 69.2. The van der Waals surface area contributed by atoms with Gasteiger partial charge in [0.2, 0.25) is 41.4 Å². The Kier molecular flexibility index (Phi) is 40.5. The molecule has 29 nitrogen and oxygen atoms in total. The third kappa shape index (κ3) is 30.0. The van der Waals surface area contributed by atoms with Crippen LogP contribution in [0.5, 0.6) is 0 Å². The second-order valence-corrected chi connectivity index (χ2v) is 35.4. The fraction of sp³-hybridized carbons (Fsp3) is 0.707. The van der Waals surface area contributed by atoms with Gasteiger partial charge >= 0.3 is 30.0 Å². The SMILES string of the molecule is CC[C@H](C)[C@@H]([C@@H](CC(=O)N1CCC[C@H]1[C@H](OC)[C@@H](C)C(=O)N[C@H](C)[C@@H](O)c1ccccc1)OC)N(C)C(=O)[C@@H](NC(=O)[C@H](C(C)C)N(C)C(=O)OCc1ccc(NC(=O)[C@H](CCCNC(N)=O)NC(=O)[C@@H](NC(=O)CSCCC(=O)OC2CC3C[C@H](C2)OC(=O)CCSC2CCCCCC2SCCC(=O)O3)C(C)C)cc1)C(C)C. The minimum Gasteiger partial charge on any atom is -0.462 e. The van der Waals surface area contributed by atoms with Crippen LogP contribution in [0.15, 0.2) is 54.6 Å². The molecule has 2 bridgehead atoms. The molecule has 0 spiro atoms. The van der Waals surface area contributed by atoms with Gasteiger partial charge in [0.05, 0.1) is 73.8 Å². The molecular weight excluding hydrogens is 1530 g/mol. The fourth-order valence-corrected chi connectivity index (χ4v) is 19.1. The van der Waals surface area contributed by atoms with Crippen LogP contribution in [0.4, 0.5) is 15.3 Å². The number of hydrogen-bond acceptors (Lipinski definition) is 22. The third-order valence-corrected chi connectivity index (χ3v) is 25.8. The number of carbonyl (C=O) groups is 12. The number of ether oxygens (including phenoxy) is 6. The highest BCUT2D eigenvalue weighted by atomic mass is 32.2. The summed E-state index contributed by atoms with van der Waals surface area (Å²) in [5.41, 5.74) is 6.79. The number of benzene rings is 2. The average molecular weight is 1650 g/mol. The van der Waals surface area contributed by atoms with Crippen molar-refractivity contribution in [3.63, 3.8) is 0 Å². The quantitative estimate of drug-likeness (QED) is 0.0177. The number of likely N-dealkylation sites (tertiary alicyclic amines) is 1. The maximum Gasteiger partial charge on any atom is 0.410 e. The first-order valence-electron chi connectivity index (χ1n) is 40.5. The second kappa shape index (κ2) is 48.3. The maximum absolute atomic E-state index is 14.9. The standard InChI is InChI=1S/C82H128N10O19S3/c1-15-51(8)73(62(106-13)45-66(94)92-38-23-27-61(92)75(107-14)52(9)76(99)85-53(10)74(98)55-24-18-16-19-25-55)90(11)80(103)71(49(4)5)89-79(102)72(50(6)7)91(12)82(105)108-46-54-30-32-56(33-31-54)86-77(100)60(26-22-37-84-81(83)104)87-78(101)70(48(2)3)88-65(93)47-112-39-34-67(95)109-57-42-58-44-59(43-57)111-69(97)36-41-114-64-29-21-17-20-28-63(64)113-40-35-68(96)110-58/h16,18-19,24-25,30-33,48-53,57-64,70-75,98H,15,17,20-23,26-29,34-47H2,1-14H3,(H,85,99)(H,86,100)(H,87,101)(H,88,93)(H,89,102)(H3,83,84,104)/t51-,52+,53+,57?,58-,59?,60-,61-,62+,63?,64?,70-,71-,72-,73-,74+,75+/m0/s1. The molecule has 2 heterocycles. The molecule has 10 amide bonds. The normalized spacial score (nSPS) is 21.9. The summed E-state index contributed by atoms with van der Waals surface area (Å²) in [6, 6.07) is 8.50. The monoisotopic (exact) mass is 1650 g/mol. The number of thioether (sulfide) groups is 3. The van der Waals surface area contributed by atoms with E-state index in [-0.39, 0.29) is 106 Å². The van der Waals surface area contributed by atoms with Crippen LogP contribution in [0.1, 0.15) is 196 Å². The van der Waals surface area contributed by atoms with Crippen LogP contribution < -0.4 is 37.6 Å². The lowest BCUT2D eigenvalue weighted by molar-refractivity contribution is -0.169. The average Bonchev–Trinajstić information content (AvgIpc) is 1.44. The molecule has 4 fully saturated rings. The van der Waals surface area contributed by atoms with Crippen molar-refractivity contribution >= 4 is 112 Å². The van der Waals surface area contributed by atoms with Crippen molar-refractivity contribution < 1.29 is 91.1 Å². The number of nitrogens with one attached hydrogen (secondary N) is 6. The van der Waals surface area contributed by atoms with E-state index in [0.29, 0.717) is 71.0 Å². The van der Waals surface area contributed by atoms with E-state index in [2.05, 4.69) is 31.9 Å². The summed E-state index contributed by atoms with van der Waals surface area (Å²) in [5, 5.41) is 28.5. The predicted molar refractivity (Wildman–Crippen MR) is 439 cm³/mol. The molecule has 32 heteroatoms. The third-order valence-electron chi connectivity index (χ3n) is 21.9. The Morgan fingerprint density at radius 3 is 1.89 bits per heavy atom. The van der Waals surface area contributed by atoms with E-state index in [1.54, 1.807) is 109 Å². The minimum atomic E-state index is -1.16.